The monoisotopic (exact) mass is 427 g/mol. The molecule has 1 nitrogen and oxygen atoms in total. The molecule has 3 aromatic rings. The summed E-state index contributed by atoms with van der Waals surface area (Å²) < 4.78 is 15.2. The molecule has 0 atom stereocenters. The van der Waals surface area contributed by atoms with Gasteiger partial charge in [-0.2, -0.15) is 5.26 Å². The molecule has 0 radical (unpaired) electrons. The Kier molecular flexibility index (Phi) is 7.59. The summed E-state index contributed by atoms with van der Waals surface area (Å²) in [7, 11) is 0. The first-order valence-corrected chi connectivity index (χ1v) is 12.4. The van der Waals surface area contributed by atoms with Crippen molar-refractivity contribution in [1.29, 1.82) is 5.26 Å². The summed E-state index contributed by atoms with van der Waals surface area (Å²) >= 11 is 0. The van der Waals surface area contributed by atoms with Crippen molar-refractivity contribution in [2.45, 2.75) is 77.0 Å². The largest absolute Gasteiger partial charge is 0.206 e. The van der Waals surface area contributed by atoms with E-state index >= 15 is 4.39 Å². The minimum absolute atomic E-state index is 0.0812. The van der Waals surface area contributed by atoms with Gasteiger partial charge in [0.2, 0.25) is 0 Å². The zero-order chi connectivity index (χ0) is 22.3. The van der Waals surface area contributed by atoms with Gasteiger partial charge in [0, 0.05) is 5.39 Å². The summed E-state index contributed by atoms with van der Waals surface area (Å²) in [5.74, 6) is 1.46. The van der Waals surface area contributed by atoms with Crippen LogP contribution in [0.2, 0.25) is 0 Å². The average molecular weight is 428 g/mol. The third kappa shape index (κ3) is 5.39. The van der Waals surface area contributed by atoms with E-state index in [1.54, 1.807) is 0 Å². The molecule has 0 N–H and O–H groups in total. The quantitative estimate of drug-likeness (QED) is 0.331. The number of nitriles is 1. The van der Waals surface area contributed by atoms with E-state index < -0.39 is 0 Å². The molecule has 1 saturated carbocycles. The summed E-state index contributed by atoms with van der Waals surface area (Å²) in [6.07, 6.45) is 12.1. The fourth-order valence-electron chi connectivity index (χ4n) is 5.29. The number of benzene rings is 3. The second kappa shape index (κ2) is 10.8. The van der Waals surface area contributed by atoms with Gasteiger partial charge in [0.05, 0.1) is 11.6 Å². The van der Waals surface area contributed by atoms with Gasteiger partial charge in [0.1, 0.15) is 5.82 Å². The van der Waals surface area contributed by atoms with Crippen LogP contribution in [-0.2, 0) is 12.8 Å². The van der Waals surface area contributed by atoms with Crippen molar-refractivity contribution in [2.24, 2.45) is 5.92 Å². The van der Waals surface area contributed by atoms with Crippen LogP contribution in [0.25, 0.3) is 10.8 Å². The minimum atomic E-state index is -0.0812. The molecule has 0 saturated heterocycles. The zero-order valence-electron chi connectivity index (χ0n) is 19.2. The lowest BCUT2D eigenvalue weighted by atomic mass is 9.76. The molecule has 0 unspecified atom stereocenters. The Balaban J connectivity index is 1.40. The Morgan fingerprint density at radius 1 is 0.906 bits per heavy atom. The van der Waals surface area contributed by atoms with Crippen LogP contribution in [-0.4, -0.2) is 0 Å². The molecular formula is C30H34FN. The van der Waals surface area contributed by atoms with Gasteiger partial charge in [-0.3, -0.25) is 0 Å². The molecule has 1 aliphatic carbocycles. The number of rotatable bonds is 8. The van der Waals surface area contributed by atoms with Crippen molar-refractivity contribution in [3.05, 3.63) is 82.7 Å². The third-order valence-corrected chi connectivity index (χ3v) is 7.36. The first-order valence-electron chi connectivity index (χ1n) is 12.4. The van der Waals surface area contributed by atoms with Gasteiger partial charge < -0.3 is 0 Å². The first-order chi connectivity index (χ1) is 15.7. The highest BCUT2D eigenvalue weighted by Crippen LogP contribution is 2.39. The van der Waals surface area contributed by atoms with Crippen LogP contribution in [0.4, 0.5) is 4.39 Å². The molecule has 0 amide bonds. The summed E-state index contributed by atoms with van der Waals surface area (Å²) in [6.45, 7) is 2.28. The van der Waals surface area contributed by atoms with Crippen molar-refractivity contribution in [3.63, 3.8) is 0 Å². The summed E-state index contributed by atoms with van der Waals surface area (Å²) in [5.41, 5.74) is 3.94. The SMILES string of the molecule is CCCCCC1CCC(c2ccc3c(F)c(CCc4ccc(C#N)cc4)ccc3c2)CC1. The van der Waals surface area contributed by atoms with Gasteiger partial charge in [-0.25, -0.2) is 4.39 Å². The highest BCUT2D eigenvalue weighted by molar-refractivity contribution is 5.84. The second-order valence-electron chi connectivity index (χ2n) is 9.54. The van der Waals surface area contributed by atoms with Crippen molar-refractivity contribution in [3.8, 4) is 6.07 Å². The molecule has 2 heteroatoms. The summed E-state index contributed by atoms with van der Waals surface area (Å²) in [6, 6.07) is 20.1. The van der Waals surface area contributed by atoms with Crippen molar-refractivity contribution in [2.75, 3.05) is 0 Å². The highest BCUT2D eigenvalue weighted by atomic mass is 19.1. The summed E-state index contributed by atoms with van der Waals surface area (Å²) in [4.78, 5) is 0. The molecule has 32 heavy (non-hydrogen) atoms. The maximum Gasteiger partial charge on any atom is 0.134 e. The molecule has 0 bridgehead atoms. The second-order valence-corrected chi connectivity index (χ2v) is 9.54. The number of halogens is 1. The number of hydrogen-bond acceptors (Lipinski definition) is 1. The fraction of sp³-hybridized carbons (Fsp3) is 0.433. The zero-order valence-corrected chi connectivity index (χ0v) is 19.2. The van der Waals surface area contributed by atoms with E-state index in [0.29, 0.717) is 17.9 Å². The topological polar surface area (TPSA) is 23.8 Å². The molecule has 0 aliphatic heterocycles. The van der Waals surface area contributed by atoms with Crippen molar-refractivity contribution >= 4 is 10.8 Å². The lowest BCUT2D eigenvalue weighted by molar-refractivity contribution is 0.303. The molecule has 3 aromatic carbocycles. The van der Waals surface area contributed by atoms with Gasteiger partial charge in [-0.05, 0) is 84.6 Å². The van der Waals surface area contributed by atoms with E-state index in [-0.39, 0.29) is 5.82 Å². The van der Waals surface area contributed by atoms with Crippen molar-refractivity contribution in [1.82, 2.24) is 0 Å². The molecular weight excluding hydrogens is 393 g/mol. The molecule has 4 rings (SSSR count). The number of nitrogens with zero attached hydrogens (tertiary/aromatic N) is 1. The lowest BCUT2D eigenvalue weighted by Gasteiger charge is -2.29. The number of hydrogen-bond donors (Lipinski definition) is 0. The van der Waals surface area contributed by atoms with E-state index in [1.807, 2.05) is 36.4 Å². The summed E-state index contributed by atoms with van der Waals surface area (Å²) in [5, 5.41) is 10.7. The Hall–Kier alpha value is -2.66. The van der Waals surface area contributed by atoms with Gasteiger partial charge in [-0.1, -0.05) is 75.1 Å². The maximum absolute atomic E-state index is 15.2. The van der Waals surface area contributed by atoms with Crippen LogP contribution >= 0.6 is 0 Å². The number of aryl methyl sites for hydroxylation is 2. The standard InChI is InChI=1S/C30H34FN/c1-2-3-4-5-22-10-13-25(14-11-22)27-18-19-29-28(20-27)17-16-26(30(29)31)15-12-23-6-8-24(21-32)9-7-23/h6-9,16-20,22,25H,2-5,10-15H2,1H3. The van der Waals surface area contributed by atoms with Gasteiger partial charge in [-0.15, -0.1) is 0 Å². The molecule has 1 fully saturated rings. The first kappa shape index (κ1) is 22.5. The van der Waals surface area contributed by atoms with E-state index in [2.05, 4.69) is 31.2 Å². The third-order valence-electron chi connectivity index (χ3n) is 7.36. The smallest absolute Gasteiger partial charge is 0.134 e. The van der Waals surface area contributed by atoms with Gasteiger partial charge in [0.25, 0.3) is 0 Å². The van der Waals surface area contributed by atoms with Crippen LogP contribution in [0.3, 0.4) is 0 Å². The van der Waals surface area contributed by atoms with Gasteiger partial charge >= 0.3 is 0 Å². The molecule has 0 spiro atoms. The fourth-order valence-corrected chi connectivity index (χ4v) is 5.29. The Bertz CT molecular complexity index is 1070. The number of unbranched alkanes of at least 4 members (excludes halogenated alkanes) is 2. The van der Waals surface area contributed by atoms with E-state index in [1.165, 1.54) is 56.9 Å². The minimum Gasteiger partial charge on any atom is -0.206 e. The normalized spacial score (nSPS) is 18.5. The Labute approximate surface area is 192 Å². The molecule has 166 valence electrons. The molecule has 0 heterocycles. The van der Waals surface area contributed by atoms with Crippen LogP contribution < -0.4 is 0 Å². The highest BCUT2D eigenvalue weighted by Gasteiger charge is 2.22. The van der Waals surface area contributed by atoms with Crippen LogP contribution in [0, 0.1) is 23.1 Å². The average Bonchev–Trinajstić information content (AvgIpc) is 2.84. The van der Waals surface area contributed by atoms with E-state index in [4.69, 9.17) is 5.26 Å². The van der Waals surface area contributed by atoms with Gasteiger partial charge in [0.15, 0.2) is 0 Å². The molecule has 1 aliphatic rings. The van der Waals surface area contributed by atoms with Crippen LogP contribution in [0.5, 0.6) is 0 Å². The Morgan fingerprint density at radius 3 is 2.41 bits per heavy atom. The van der Waals surface area contributed by atoms with Crippen LogP contribution in [0.1, 0.15) is 86.5 Å². The number of fused-ring (bicyclic) bond motifs is 1. The predicted octanol–water partition coefficient (Wildman–Crippen LogP) is 8.49. The Morgan fingerprint density at radius 2 is 1.69 bits per heavy atom. The van der Waals surface area contributed by atoms with Crippen LogP contribution in [0.15, 0.2) is 54.6 Å². The maximum atomic E-state index is 15.2. The molecule has 0 aromatic heterocycles. The predicted molar refractivity (Wildman–Crippen MR) is 131 cm³/mol. The van der Waals surface area contributed by atoms with Crippen molar-refractivity contribution < 1.29 is 4.39 Å². The van der Waals surface area contributed by atoms with E-state index in [9.17, 15) is 0 Å². The lowest BCUT2D eigenvalue weighted by Crippen LogP contribution is -2.13. The van der Waals surface area contributed by atoms with E-state index in [0.717, 1.165) is 34.2 Å².